The maximum atomic E-state index is 13.0. The van der Waals surface area contributed by atoms with E-state index in [1.54, 1.807) is 18.2 Å². The Hall–Kier alpha value is -1.47. The minimum absolute atomic E-state index is 0. The number of alkyl halides is 3. The minimum Gasteiger partial charge on any atom is -0.491 e. The Kier molecular flexibility index (Phi) is 6.29. The number of nitrogens with one attached hydrogen (secondary N) is 2. The van der Waals surface area contributed by atoms with Gasteiger partial charge in [0.2, 0.25) is 5.91 Å². The smallest absolute Gasteiger partial charge is 0.262 e. The van der Waals surface area contributed by atoms with Gasteiger partial charge in [0, 0.05) is 18.2 Å². The third kappa shape index (κ3) is 5.09. The summed E-state index contributed by atoms with van der Waals surface area (Å²) in [7, 11) is 0. The van der Waals surface area contributed by atoms with E-state index in [1.165, 1.54) is 6.07 Å². The van der Waals surface area contributed by atoms with Crippen molar-refractivity contribution in [3.05, 3.63) is 24.3 Å². The minimum atomic E-state index is -2.85. The second-order valence-electron chi connectivity index (χ2n) is 4.55. The molecular weight excluding hydrogens is 309 g/mol. The van der Waals surface area contributed by atoms with E-state index in [4.69, 9.17) is 4.74 Å². The molecule has 0 saturated carbocycles. The molecule has 21 heavy (non-hydrogen) atoms. The van der Waals surface area contributed by atoms with Crippen LogP contribution in [0, 0.1) is 0 Å². The molecule has 8 heteroatoms. The van der Waals surface area contributed by atoms with Crippen LogP contribution in [0.3, 0.4) is 0 Å². The average molecular weight is 325 g/mol. The lowest BCUT2D eigenvalue weighted by Crippen LogP contribution is -2.35. The Bertz CT molecular complexity index is 488. The zero-order valence-corrected chi connectivity index (χ0v) is 11.9. The molecule has 0 aromatic heterocycles. The van der Waals surface area contributed by atoms with E-state index in [0.717, 1.165) is 0 Å². The lowest BCUT2D eigenvalue weighted by molar-refractivity contribution is -0.118. The molecule has 0 aliphatic carbocycles. The zero-order chi connectivity index (χ0) is 14.6. The molecule has 0 spiro atoms. The number of ether oxygens (including phenoxy) is 1. The maximum Gasteiger partial charge on any atom is 0.262 e. The number of carbonyl (C=O) groups is 1. The number of benzene rings is 1. The first-order valence-electron chi connectivity index (χ1n) is 6.21. The summed E-state index contributed by atoms with van der Waals surface area (Å²) in [6.45, 7) is -1.18. The number of anilines is 1. The molecule has 1 aromatic carbocycles. The van der Waals surface area contributed by atoms with Crippen LogP contribution in [0.2, 0.25) is 0 Å². The highest BCUT2D eigenvalue weighted by atomic mass is 35.5. The predicted molar refractivity (Wildman–Crippen MR) is 75.1 cm³/mol. The van der Waals surface area contributed by atoms with E-state index in [0.29, 0.717) is 11.4 Å². The molecular formula is C13H16ClF3N2O2. The van der Waals surface area contributed by atoms with Crippen LogP contribution in [0.25, 0.3) is 0 Å². The molecule has 1 aliphatic heterocycles. The summed E-state index contributed by atoms with van der Waals surface area (Å²) >= 11 is 0. The fourth-order valence-corrected chi connectivity index (χ4v) is 1.95. The number of hydrogen-bond donors (Lipinski definition) is 2. The Morgan fingerprint density at radius 1 is 1.48 bits per heavy atom. The van der Waals surface area contributed by atoms with E-state index in [-0.39, 0.29) is 19.0 Å². The van der Waals surface area contributed by atoms with Crippen LogP contribution in [-0.4, -0.2) is 37.7 Å². The van der Waals surface area contributed by atoms with Crippen LogP contribution in [0.5, 0.6) is 5.75 Å². The lowest BCUT2D eigenvalue weighted by Gasteiger charge is -2.12. The Morgan fingerprint density at radius 2 is 2.24 bits per heavy atom. The Morgan fingerprint density at radius 3 is 2.86 bits per heavy atom. The molecule has 1 heterocycles. The molecule has 118 valence electrons. The maximum absolute atomic E-state index is 13.0. The summed E-state index contributed by atoms with van der Waals surface area (Å²) in [4.78, 5) is 11.8. The first kappa shape index (κ1) is 17.6. The first-order valence-corrected chi connectivity index (χ1v) is 6.21. The molecule has 1 saturated heterocycles. The summed E-state index contributed by atoms with van der Waals surface area (Å²) in [6.07, 6.45) is -0.517. The normalized spacial score (nSPS) is 19.7. The van der Waals surface area contributed by atoms with Gasteiger partial charge in [-0.1, -0.05) is 6.07 Å². The van der Waals surface area contributed by atoms with Crippen molar-refractivity contribution in [3.8, 4) is 5.75 Å². The highest BCUT2D eigenvalue weighted by Gasteiger charge is 2.42. The van der Waals surface area contributed by atoms with Crippen molar-refractivity contribution in [2.75, 3.05) is 25.1 Å². The lowest BCUT2D eigenvalue weighted by atomic mass is 10.2. The SMILES string of the molecule is Cl.O=C(Nc1cccc(OCCF)c1)C1CC(F)(F)CN1. The molecule has 0 bridgehead atoms. The second-order valence-corrected chi connectivity index (χ2v) is 4.55. The van der Waals surface area contributed by atoms with Crippen molar-refractivity contribution in [1.29, 1.82) is 0 Å². The second kappa shape index (κ2) is 7.51. The summed E-state index contributed by atoms with van der Waals surface area (Å²) in [5.41, 5.74) is 0.420. The fraction of sp³-hybridized carbons (Fsp3) is 0.462. The molecule has 1 fully saturated rings. The number of rotatable bonds is 5. The third-order valence-electron chi connectivity index (χ3n) is 2.87. The van der Waals surface area contributed by atoms with Gasteiger partial charge in [-0.25, -0.2) is 13.2 Å². The average Bonchev–Trinajstić information content (AvgIpc) is 2.77. The molecule has 4 nitrogen and oxygen atoms in total. The van der Waals surface area contributed by atoms with Gasteiger partial charge >= 0.3 is 0 Å². The van der Waals surface area contributed by atoms with Gasteiger partial charge in [0.15, 0.2) is 0 Å². The summed E-state index contributed by atoms with van der Waals surface area (Å²) < 4.78 is 43.1. The molecule has 1 aromatic rings. The van der Waals surface area contributed by atoms with E-state index in [2.05, 4.69) is 10.6 Å². The molecule has 0 radical (unpaired) electrons. The Balaban J connectivity index is 0.00000220. The van der Waals surface area contributed by atoms with Crippen molar-refractivity contribution in [1.82, 2.24) is 5.32 Å². The van der Waals surface area contributed by atoms with Crippen LogP contribution in [-0.2, 0) is 4.79 Å². The monoisotopic (exact) mass is 324 g/mol. The predicted octanol–water partition coefficient (Wildman–Crippen LogP) is 2.39. The van der Waals surface area contributed by atoms with Crippen molar-refractivity contribution in [3.63, 3.8) is 0 Å². The Labute approximate surface area is 126 Å². The van der Waals surface area contributed by atoms with Gasteiger partial charge in [-0.3, -0.25) is 10.1 Å². The fourth-order valence-electron chi connectivity index (χ4n) is 1.95. The van der Waals surface area contributed by atoms with Gasteiger partial charge in [0.05, 0.1) is 12.6 Å². The summed E-state index contributed by atoms with van der Waals surface area (Å²) in [5.74, 6) is -2.97. The van der Waals surface area contributed by atoms with Crippen LogP contribution in [0.1, 0.15) is 6.42 Å². The first-order chi connectivity index (χ1) is 9.50. The van der Waals surface area contributed by atoms with Crippen molar-refractivity contribution in [2.45, 2.75) is 18.4 Å². The van der Waals surface area contributed by atoms with Gasteiger partial charge in [-0.05, 0) is 12.1 Å². The quantitative estimate of drug-likeness (QED) is 0.874. The van der Waals surface area contributed by atoms with Gasteiger partial charge in [0.1, 0.15) is 19.0 Å². The summed E-state index contributed by atoms with van der Waals surface area (Å²) in [5, 5.41) is 5.00. The van der Waals surface area contributed by atoms with Gasteiger partial charge in [-0.2, -0.15) is 0 Å². The zero-order valence-electron chi connectivity index (χ0n) is 11.1. The van der Waals surface area contributed by atoms with Crippen LogP contribution < -0.4 is 15.4 Å². The van der Waals surface area contributed by atoms with Crippen LogP contribution in [0.4, 0.5) is 18.9 Å². The van der Waals surface area contributed by atoms with Crippen molar-refractivity contribution < 1.29 is 22.7 Å². The van der Waals surface area contributed by atoms with Crippen LogP contribution in [0.15, 0.2) is 24.3 Å². The van der Waals surface area contributed by atoms with Crippen LogP contribution >= 0.6 is 12.4 Å². The summed E-state index contributed by atoms with van der Waals surface area (Å²) in [6, 6.07) is 5.45. The van der Waals surface area contributed by atoms with Crippen molar-refractivity contribution >= 4 is 24.0 Å². The van der Waals surface area contributed by atoms with E-state index < -0.39 is 37.5 Å². The molecule has 1 aliphatic rings. The van der Waals surface area contributed by atoms with Gasteiger partial charge < -0.3 is 10.1 Å². The number of carbonyl (C=O) groups excluding carboxylic acids is 1. The number of hydrogen-bond acceptors (Lipinski definition) is 3. The topological polar surface area (TPSA) is 50.4 Å². The van der Waals surface area contributed by atoms with Crippen molar-refractivity contribution in [2.24, 2.45) is 0 Å². The number of amides is 1. The highest BCUT2D eigenvalue weighted by molar-refractivity contribution is 5.95. The highest BCUT2D eigenvalue weighted by Crippen LogP contribution is 2.26. The van der Waals surface area contributed by atoms with Gasteiger partial charge in [-0.15, -0.1) is 12.4 Å². The molecule has 1 atom stereocenters. The molecule has 2 rings (SSSR count). The molecule has 1 amide bonds. The van der Waals surface area contributed by atoms with E-state index >= 15 is 0 Å². The molecule has 1 unspecified atom stereocenters. The standard InChI is InChI=1S/C13H15F3N2O2.ClH/c14-4-5-20-10-3-1-2-9(6-10)18-12(19)11-7-13(15,16)8-17-11;/h1-3,6,11,17H,4-5,7-8H2,(H,18,19);1H. The largest absolute Gasteiger partial charge is 0.491 e. The van der Waals surface area contributed by atoms with Gasteiger partial charge in [0.25, 0.3) is 5.92 Å². The molecule has 2 N–H and O–H groups in total. The number of halogens is 4. The third-order valence-corrected chi connectivity index (χ3v) is 2.87. The van der Waals surface area contributed by atoms with E-state index in [9.17, 15) is 18.0 Å². The van der Waals surface area contributed by atoms with E-state index in [1.807, 2.05) is 0 Å².